The highest BCUT2D eigenvalue weighted by atomic mass is 32.2. The van der Waals surface area contributed by atoms with Crippen molar-refractivity contribution in [2.75, 3.05) is 0 Å². The van der Waals surface area contributed by atoms with Crippen molar-refractivity contribution in [1.29, 1.82) is 0 Å². The summed E-state index contributed by atoms with van der Waals surface area (Å²) in [4.78, 5) is 4.24. The van der Waals surface area contributed by atoms with Crippen LogP contribution in [0.15, 0.2) is 30.5 Å². The van der Waals surface area contributed by atoms with Crippen LogP contribution in [0.4, 0.5) is 8.78 Å². The van der Waals surface area contributed by atoms with Crippen LogP contribution >= 0.6 is 0 Å². The Morgan fingerprint density at radius 1 is 1.20 bits per heavy atom. The van der Waals surface area contributed by atoms with E-state index in [0.29, 0.717) is 5.88 Å². The Hall–Kier alpha value is -1.86. The minimum Gasteiger partial charge on any atom is -0.439 e. The third-order valence-corrected chi connectivity index (χ3v) is 5.18. The van der Waals surface area contributed by atoms with Gasteiger partial charge in [0.15, 0.2) is 11.6 Å². The minimum absolute atomic E-state index is 0.163. The number of pyridine rings is 1. The zero-order valence-corrected chi connectivity index (χ0v) is 15.7. The molecule has 0 saturated carbocycles. The zero-order chi connectivity index (χ0) is 18.8. The summed E-state index contributed by atoms with van der Waals surface area (Å²) in [5.41, 5.74) is 1.59. The molecule has 4 nitrogen and oxygen atoms in total. The summed E-state index contributed by atoms with van der Waals surface area (Å²) in [6.07, 6.45) is 1.61. The average molecular weight is 368 g/mol. The van der Waals surface area contributed by atoms with Crippen LogP contribution in [0.5, 0.6) is 11.6 Å². The Morgan fingerprint density at radius 2 is 1.88 bits per heavy atom. The van der Waals surface area contributed by atoms with E-state index in [2.05, 4.69) is 9.71 Å². The fraction of sp³-hybridized carbons (Fsp3) is 0.389. The molecule has 0 amide bonds. The highest BCUT2D eigenvalue weighted by Gasteiger charge is 2.22. The van der Waals surface area contributed by atoms with Crippen LogP contribution < -0.4 is 9.46 Å². The first-order valence-electron chi connectivity index (χ1n) is 7.85. The van der Waals surface area contributed by atoms with Gasteiger partial charge < -0.3 is 4.74 Å². The highest BCUT2D eigenvalue weighted by molar-refractivity contribution is 7.84. The second kappa shape index (κ2) is 7.58. The topological polar surface area (TPSA) is 51.2 Å². The molecule has 0 aliphatic carbocycles. The van der Waals surface area contributed by atoms with Crippen molar-refractivity contribution in [2.24, 2.45) is 0 Å². The molecule has 25 heavy (non-hydrogen) atoms. The molecule has 1 aromatic carbocycles. The molecule has 2 rings (SSSR count). The number of hydrogen-bond acceptors (Lipinski definition) is 3. The predicted molar refractivity (Wildman–Crippen MR) is 94.9 cm³/mol. The van der Waals surface area contributed by atoms with E-state index >= 15 is 0 Å². The summed E-state index contributed by atoms with van der Waals surface area (Å²) in [5, 5.41) is 0. The van der Waals surface area contributed by atoms with E-state index in [1.165, 1.54) is 6.07 Å². The number of aromatic nitrogens is 1. The monoisotopic (exact) mass is 368 g/mol. The molecule has 0 aliphatic heterocycles. The van der Waals surface area contributed by atoms with E-state index in [1.807, 2.05) is 33.8 Å². The fourth-order valence-corrected chi connectivity index (χ4v) is 2.80. The molecule has 0 spiro atoms. The lowest BCUT2D eigenvalue weighted by Crippen LogP contribution is -2.34. The molecule has 1 aromatic heterocycles. The van der Waals surface area contributed by atoms with Gasteiger partial charge in [-0.3, -0.25) is 0 Å². The predicted octanol–water partition coefficient (Wildman–Crippen LogP) is 4.57. The number of aryl methyl sites for hydroxylation is 1. The number of benzene rings is 1. The number of rotatable bonds is 5. The van der Waals surface area contributed by atoms with Crippen LogP contribution in [-0.2, 0) is 11.0 Å². The van der Waals surface area contributed by atoms with E-state index < -0.39 is 22.6 Å². The molecule has 2 atom stereocenters. The summed E-state index contributed by atoms with van der Waals surface area (Å²) in [6, 6.07) is 5.01. The summed E-state index contributed by atoms with van der Waals surface area (Å²) in [7, 11) is -1.20. The van der Waals surface area contributed by atoms with Gasteiger partial charge >= 0.3 is 0 Å². The van der Waals surface area contributed by atoms with Crippen molar-refractivity contribution in [3.63, 3.8) is 0 Å². The third kappa shape index (κ3) is 5.06. The van der Waals surface area contributed by atoms with Crippen LogP contribution in [0.3, 0.4) is 0 Å². The van der Waals surface area contributed by atoms with Crippen molar-refractivity contribution in [3.8, 4) is 11.6 Å². The van der Waals surface area contributed by atoms with Crippen LogP contribution in [-0.4, -0.2) is 13.9 Å². The van der Waals surface area contributed by atoms with E-state index in [0.717, 1.165) is 23.3 Å². The molecule has 0 fully saturated rings. The maximum atomic E-state index is 13.3. The van der Waals surface area contributed by atoms with E-state index in [9.17, 15) is 13.0 Å². The third-order valence-electron chi connectivity index (χ3n) is 3.50. The van der Waals surface area contributed by atoms with Crippen LogP contribution in [0.25, 0.3) is 0 Å². The van der Waals surface area contributed by atoms with Gasteiger partial charge in [0.05, 0.1) is 15.7 Å². The minimum atomic E-state index is -1.20. The molecule has 2 aromatic rings. The summed E-state index contributed by atoms with van der Waals surface area (Å²) < 4.78 is 46.6. The number of ether oxygens (including phenoxy) is 1. The molecular formula is C18H22F2N2O2S. The average Bonchev–Trinajstić information content (AvgIpc) is 2.51. The van der Waals surface area contributed by atoms with Gasteiger partial charge in [0.2, 0.25) is 5.88 Å². The first-order chi connectivity index (χ1) is 11.6. The fourth-order valence-electron chi connectivity index (χ4n) is 1.98. The number of hydrogen-bond donors (Lipinski definition) is 1. The number of nitrogens with zero attached hydrogens (tertiary/aromatic N) is 1. The van der Waals surface area contributed by atoms with Gasteiger partial charge in [-0.05, 0) is 58.4 Å². The normalized spacial score (nSPS) is 14.2. The largest absolute Gasteiger partial charge is 0.439 e. The standard InChI is InChI=1S/C18H22F2N2O2S/c1-11-8-13(12(2)22-25(23)18(3,4)5)10-21-17(11)24-14-6-7-15(19)16(20)9-14/h6-10,12,22H,1-5H3. The summed E-state index contributed by atoms with van der Waals surface area (Å²) in [5.74, 6) is -1.44. The Balaban J connectivity index is 2.14. The van der Waals surface area contributed by atoms with Crippen molar-refractivity contribution < 1.29 is 17.7 Å². The Bertz CT molecular complexity index is 791. The zero-order valence-electron chi connectivity index (χ0n) is 14.9. The Labute approximate surface area is 149 Å². The summed E-state index contributed by atoms with van der Waals surface area (Å²) >= 11 is 0. The van der Waals surface area contributed by atoms with Crippen LogP contribution in [0.2, 0.25) is 0 Å². The first kappa shape index (κ1) is 19.5. The molecule has 1 heterocycles. The molecule has 1 N–H and O–H groups in total. The van der Waals surface area contributed by atoms with Gasteiger partial charge in [-0.15, -0.1) is 0 Å². The number of halogens is 2. The van der Waals surface area contributed by atoms with Crippen LogP contribution in [0, 0.1) is 18.6 Å². The second-order valence-corrected chi connectivity index (χ2v) is 8.79. The van der Waals surface area contributed by atoms with Crippen molar-refractivity contribution in [2.45, 2.75) is 45.4 Å². The molecule has 0 aliphatic rings. The lowest BCUT2D eigenvalue weighted by molar-refractivity contribution is 0.444. The Kier molecular flexibility index (Phi) is 5.90. The molecule has 136 valence electrons. The molecule has 0 bridgehead atoms. The molecular weight excluding hydrogens is 346 g/mol. The highest BCUT2D eigenvalue weighted by Crippen LogP contribution is 2.26. The van der Waals surface area contributed by atoms with Crippen molar-refractivity contribution in [1.82, 2.24) is 9.71 Å². The van der Waals surface area contributed by atoms with Crippen LogP contribution in [0.1, 0.15) is 44.9 Å². The lowest BCUT2D eigenvalue weighted by Gasteiger charge is -2.22. The first-order valence-corrected chi connectivity index (χ1v) is 9.00. The van der Waals surface area contributed by atoms with Gasteiger partial charge in [-0.1, -0.05) is 0 Å². The van der Waals surface area contributed by atoms with Gasteiger partial charge in [0.1, 0.15) is 5.75 Å². The SMILES string of the molecule is Cc1cc(C(C)NS(=O)C(C)(C)C)cnc1Oc1ccc(F)c(F)c1. The van der Waals surface area contributed by atoms with E-state index in [4.69, 9.17) is 4.74 Å². The van der Waals surface area contributed by atoms with Gasteiger partial charge in [-0.2, -0.15) is 0 Å². The van der Waals surface area contributed by atoms with Gasteiger partial charge in [-0.25, -0.2) is 22.7 Å². The van der Waals surface area contributed by atoms with E-state index in [1.54, 1.807) is 13.1 Å². The lowest BCUT2D eigenvalue weighted by atomic mass is 10.1. The van der Waals surface area contributed by atoms with Gasteiger partial charge in [0.25, 0.3) is 0 Å². The Morgan fingerprint density at radius 3 is 2.44 bits per heavy atom. The molecule has 0 radical (unpaired) electrons. The molecule has 7 heteroatoms. The van der Waals surface area contributed by atoms with Gasteiger partial charge in [0, 0.05) is 23.9 Å². The number of nitrogens with one attached hydrogen (secondary N) is 1. The smallest absolute Gasteiger partial charge is 0.222 e. The second-order valence-electron chi connectivity index (χ2n) is 6.79. The van der Waals surface area contributed by atoms with Crippen molar-refractivity contribution >= 4 is 11.0 Å². The quantitative estimate of drug-likeness (QED) is 0.841. The maximum Gasteiger partial charge on any atom is 0.222 e. The summed E-state index contributed by atoms with van der Waals surface area (Å²) in [6.45, 7) is 9.39. The molecule has 0 saturated heterocycles. The van der Waals surface area contributed by atoms with Crippen molar-refractivity contribution in [3.05, 3.63) is 53.2 Å². The van der Waals surface area contributed by atoms with E-state index in [-0.39, 0.29) is 16.5 Å². The molecule has 2 unspecified atom stereocenters. The maximum absolute atomic E-state index is 13.3.